The zero-order valence-electron chi connectivity index (χ0n) is 16.5. The summed E-state index contributed by atoms with van der Waals surface area (Å²) in [5, 5.41) is 24.6. The summed E-state index contributed by atoms with van der Waals surface area (Å²) >= 11 is 0. The third kappa shape index (κ3) is 3.24. The monoisotopic (exact) mass is 394 g/mol. The van der Waals surface area contributed by atoms with Crippen LogP contribution in [0.5, 0.6) is 0 Å². The third-order valence-corrected chi connectivity index (χ3v) is 4.88. The van der Waals surface area contributed by atoms with Gasteiger partial charge < -0.3 is 0 Å². The van der Waals surface area contributed by atoms with Crippen molar-refractivity contribution in [1.29, 1.82) is 0 Å². The second-order valence-corrected chi connectivity index (χ2v) is 7.08. The summed E-state index contributed by atoms with van der Waals surface area (Å²) in [6.07, 6.45) is 0. The van der Waals surface area contributed by atoms with Gasteiger partial charge >= 0.3 is 0 Å². The van der Waals surface area contributed by atoms with E-state index < -0.39 is 0 Å². The molecule has 0 bridgehead atoms. The quantitative estimate of drug-likeness (QED) is 0.463. The fourth-order valence-corrected chi connectivity index (χ4v) is 3.25. The van der Waals surface area contributed by atoms with E-state index in [4.69, 9.17) is 0 Å². The van der Waals surface area contributed by atoms with E-state index >= 15 is 0 Å². The van der Waals surface area contributed by atoms with Gasteiger partial charge in [0.2, 0.25) is 0 Å². The molecule has 0 aliphatic carbocycles. The van der Waals surface area contributed by atoms with Gasteiger partial charge in [-0.05, 0) is 65.0 Å². The maximum Gasteiger partial charge on any atom is 0.187 e. The minimum atomic E-state index is 0.648. The average Bonchev–Trinajstić information content (AvgIpc) is 3.45. The number of hydrogen-bond acceptors (Lipinski definition) is 6. The average molecular weight is 394 g/mol. The summed E-state index contributed by atoms with van der Waals surface area (Å²) in [4.78, 5) is 0. The van der Waals surface area contributed by atoms with E-state index in [0.29, 0.717) is 11.6 Å². The van der Waals surface area contributed by atoms with E-state index in [1.54, 1.807) is 9.36 Å². The van der Waals surface area contributed by atoms with Gasteiger partial charge in [-0.3, -0.25) is 0 Å². The molecule has 0 saturated carbocycles. The van der Waals surface area contributed by atoms with Crippen LogP contribution in [0.1, 0.15) is 11.1 Å². The molecule has 0 N–H and O–H groups in total. The summed E-state index contributed by atoms with van der Waals surface area (Å²) in [5.74, 6) is 1.30. The molecule has 0 atom stereocenters. The number of rotatable bonds is 4. The molecule has 0 unspecified atom stereocenters. The second kappa shape index (κ2) is 7.32. The van der Waals surface area contributed by atoms with Crippen LogP contribution in [0.15, 0.2) is 72.8 Å². The Balaban J connectivity index is 1.56. The van der Waals surface area contributed by atoms with Crippen molar-refractivity contribution in [3.05, 3.63) is 83.9 Å². The first-order chi connectivity index (χ1) is 14.7. The molecule has 8 heteroatoms. The van der Waals surface area contributed by atoms with Crippen molar-refractivity contribution in [3.8, 4) is 34.2 Å². The highest BCUT2D eigenvalue weighted by Crippen LogP contribution is 2.26. The number of aryl methyl sites for hydroxylation is 2. The molecule has 0 saturated heterocycles. The van der Waals surface area contributed by atoms with Crippen LogP contribution in [-0.2, 0) is 0 Å². The Morgan fingerprint density at radius 3 is 1.43 bits per heavy atom. The lowest BCUT2D eigenvalue weighted by Crippen LogP contribution is -2.01. The zero-order valence-corrected chi connectivity index (χ0v) is 16.5. The van der Waals surface area contributed by atoms with Crippen LogP contribution in [0.4, 0.5) is 0 Å². The topological polar surface area (TPSA) is 87.2 Å². The van der Waals surface area contributed by atoms with Gasteiger partial charge in [0.1, 0.15) is 0 Å². The molecule has 0 fully saturated rings. The predicted octanol–water partition coefficient (Wildman–Crippen LogP) is 3.59. The van der Waals surface area contributed by atoms with Gasteiger partial charge in [0, 0.05) is 11.1 Å². The lowest BCUT2D eigenvalue weighted by molar-refractivity contribution is 0.790. The molecule has 0 aliphatic rings. The summed E-state index contributed by atoms with van der Waals surface area (Å²) in [5.41, 5.74) is 5.90. The number of tetrazole rings is 2. The molecule has 5 aromatic rings. The molecule has 0 radical (unpaired) electrons. The smallest absolute Gasteiger partial charge is 0.187 e. The van der Waals surface area contributed by atoms with Gasteiger partial charge in [0.15, 0.2) is 11.6 Å². The normalized spacial score (nSPS) is 11.0. The molecule has 8 nitrogen and oxygen atoms in total. The van der Waals surface area contributed by atoms with Gasteiger partial charge in [0.05, 0.1) is 11.4 Å². The number of benzene rings is 3. The first kappa shape index (κ1) is 17.9. The lowest BCUT2D eigenvalue weighted by atomic mass is 10.1. The van der Waals surface area contributed by atoms with Gasteiger partial charge in [-0.1, -0.05) is 53.6 Å². The summed E-state index contributed by atoms with van der Waals surface area (Å²) in [6, 6.07) is 24.0. The molecule has 146 valence electrons. The fraction of sp³-hybridized carbons (Fsp3) is 0.0909. The SMILES string of the molecule is Cc1ccc(-n2nnnc2-c2cccc(-c3nnnn3-c3ccc(C)cc3)c2)cc1. The van der Waals surface area contributed by atoms with E-state index in [2.05, 4.69) is 31.1 Å². The minimum absolute atomic E-state index is 0.648. The molecule has 0 spiro atoms. The summed E-state index contributed by atoms with van der Waals surface area (Å²) in [6.45, 7) is 4.10. The van der Waals surface area contributed by atoms with Crippen LogP contribution in [0, 0.1) is 13.8 Å². The van der Waals surface area contributed by atoms with Crippen molar-refractivity contribution >= 4 is 0 Å². The molecular formula is C22H18N8. The molecule has 0 amide bonds. The first-order valence-electron chi connectivity index (χ1n) is 9.51. The molecule has 0 aliphatic heterocycles. The number of aromatic nitrogens is 8. The molecule has 30 heavy (non-hydrogen) atoms. The molecular weight excluding hydrogens is 376 g/mol. The highest BCUT2D eigenvalue weighted by Gasteiger charge is 2.15. The fourth-order valence-electron chi connectivity index (χ4n) is 3.25. The first-order valence-corrected chi connectivity index (χ1v) is 9.51. The molecule has 2 aromatic heterocycles. The third-order valence-electron chi connectivity index (χ3n) is 4.88. The van der Waals surface area contributed by atoms with Crippen LogP contribution in [0.3, 0.4) is 0 Å². The minimum Gasteiger partial charge on any atom is -0.193 e. The summed E-state index contributed by atoms with van der Waals surface area (Å²) < 4.78 is 3.45. The Morgan fingerprint density at radius 1 is 0.567 bits per heavy atom. The Kier molecular flexibility index (Phi) is 4.36. The van der Waals surface area contributed by atoms with Crippen molar-refractivity contribution in [2.45, 2.75) is 13.8 Å². The van der Waals surface area contributed by atoms with Crippen molar-refractivity contribution < 1.29 is 0 Å². The number of nitrogens with zero attached hydrogens (tertiary/aromatic N) is 8. The number of hydrogen-bond donors (Lipinski definition) is 0. The Hall–Kier alpha value is -4.20. The van der Waals surface area contributed by atoms with Crippen molar-refractivity contribution in [1.82, 2.24) is 40.4 Å². The zero-order chi connectivity index (χ0) is 20.5. The van der Waals surface area contributed by atoms with E-state index in [0.717, 1.165) is 22.5 Å². The maximum atomic E-state index is 4.24. The van der Waals surface area contributed by atoms with Crippen molar-refractivity contribution in [2.75, 3.05) is 0 Å². The van der Waals surface area contributed by atoms with Crippen LogP contribution in [0.2, 0.25) is 0 Å². The highest BCUT2D eigenvalue weighted by atomic mass is 15.5. The predicted molar refractivity (Wildman–Crippen MR) is 112 cm³/mol. The molecule has 3 aromatic carbocycles. The Morgan fingerprint density at radius 2 is 1.00 bits per heavy atom. The van der Waals surface area contributed by atoms with Gasteiger partial charge in [0.25, 0.3) is 0 Å². The Bertz CT molecular complexity index is 1200. The van der Waals surface area contributed by atoms with Gasteiger partial charge in [-0.15, -0.1) is 10.2 Å². The second-order valence-electron chi connectivity index (χ2n) is 7.08. The van der Waals surface area contributed by atoms with Crippen LogP contribution in [-0.4, -0.2) is 40.4 Å². The lowest BCUT2D eigenvalue weighted by Gasteiger charge is -2.08. The Labute approximate surface area is 172 Å². The standard InChI is InChI=1S/C22H18N8/c1-15-6-10-19(11-7-15)29-21(23-25-27-29)17-4-3-5-18(14-17)22-24-26-28-30(22)20-12-8-16(2)9-13-20/h3-14H,1-2H3. The van der Waals surface area contributed by atoms with Gasteiger partial charge in [-0.25, -0.2) is 0 Å². The van der Waals surface area contributed by atoms with Gasteiger partial charge in [-0.2, -0.15) is 9.36 Å². The van der Waals surface area contributed by atoms with Crippen molar-refractivity contribution in [2.24, 2.45) is 0 Å². The summed E-state index contributed by atoms with van der Waals surface area (Å²) in [7, 11) is 0. The van der Waals surface area contributed by atoms with E-state index in [-0.39, 0.29) is 0 Å². The van der Waals surface area contributed by atoms with Crippen LogP contribution >= 0.6 is 0 Å². The van der Waals surface area contributed by atoms with E-state index in [1.165, 1.54) is 11.1 Å². The molecule has 2 heterocycles. The van der Waals surface area contributed by atoms with E-state index in [1.807, 2.05) is 86.6 Å². The largest absolute Gasteiger partial charge is 0.193 e. The van der Waals surface area contributed by atoms with Crippen molar-refractivity contribution in [3.63, 3.8) is 0 Å². The molecule has 5 rings (SSSR count). The maximum absolute atomic E-state index is 4.24. The highest BCUT2D eigenvalue weighted by molar-refractivity contribution is 5.67. The van der Waals surface area contributed by atoms with E-state index in [9.17, 15) is 0 Å². The van der Waals surface area contributed by atoms with Crippen LogP contribution < -0.4 is 0 Å². The van der Waals surface area contributed by atoms with Crippen LogP contribution in [0.25, 0.3) is 34.2 Å².